The lowest BCUT2D eigenvalue weighted by molar-refractivity contribution is -0.0411. The van der Waals surface area contributed by atoms with E-state index in [1.807, 2.05) is 0 Å². The van der Waals surface area contributed by atoms with Gasteiger partial charge in [-0.1, -0.05) is 0 Å². The molecule has 2 saturated heterocycles. The smallest absolute Gasteiger partial charge is 0.147 e. The molecule has 0 radical (unpaired) electrons. The topological polar surface area (TPSA) is 21.7 Å². The summed E-state index contributed by atoms with van der Waals surface area (Å²) in [5.41, 5.74) is 0.0898. The Kier molecular flexibility index (Phi) is 1.87. The lowest BCUT2D eigenvalue weighted by Gasteiger charge is -2.35. The molecule has 2 rings (SSSR count). The summed E-state index contributed by atoms with van der Waals surface area (Å²) < 4.78 is 10.8. The third kappa shape index (κ3) is 1.41. The molecule has 1 spiro atoms. The van der Waals surface area contributed by atoms with Gasteiger partial charge < -0.3 is 14.4 Å². The summed E-state index contributed by atoms with van der Waals surface area (Å²) in [4.78, 5) is 2.34. The molecule has 11 heavy (non-hydrogen) atoms. The standard InChI is InChI=1S/C8H15NO2/c1-9-4-2-8(3-5-9)6-10-7-11-8/h2-7H2,1H3. The van der Waals surface area contributed by atoms with Crippen LogP contribution in [-0.4, -0.2) is 44.0 Å². The zero-order chi connectivity index (χ0) is 7.73. The van der Waals surface area contributed by atoms with Crippen molar-refractivity contribution in [1.82, 2.24) is 4.90 Å². The maximum Gasteiger partial charge on any atom is 0.147 e. The highest BCUT2D eigenvalue weighted by molar-refractivity contribution is 4.88. The fourth-order valence-electron chi connectivity index (χ4n) is 1.75. The third-order valence-electron chi connectivity index (χ3n) is 2.71. The van der Waals surface area contributed by atoms with Gasteiger partial charge in [0, 0.05) is 13.1 Å². The van der Waals surface area contributed by atoms with Gasteiger partial charge in [0.15, 0.2) is 0 Å². The van der Waals surface area contributed by atoms with Crippen LogP contribution in [0.1, 0.15) is 12.8 Å². The molecule has 0 aromatic rings. The van der Waals surface area contributed by atoms with Crippen LogP contribution >= 0.6 is 0 Å². The van der Waals surface area contributed by atoms with E-state index < -0.39 is 0 Å². The van der Waals surface area contributed by atoms with E-state index in [1.54, 1.807) is 0 Å². The maximum atomic E-state index is 5.58. The molecular weight excluding hydrogens is 142 g/mol. The average molecular weight is 157 g/mol. The van der Waals surface area contributed by atoms with E-state index in [4.69, 9.17) is 9.47 Å². The summed E-state index contributed by atoms with van der Waals surface area (Å²) in [6, 6.07) is 0. The predicted octanol–water partition coefficient (Wildman–Crippen LogP) is 0.455. The van der Waals surface area contributed by atoms with Gasteiger partial charge in [-0.2, -0.15) is 0 Å². The Morgan fingerprint density at radius 2 is 2.00 bits per heavy atom. The van der Waals surface area contributed by atoms with Gasteiger partial charge in [0.25, 0.3) is 0 Å². The third-order valence-corrected chi connectivity index (χ3v) is 2.71. The predicted molar refractivity (Wildman–Crippen MR) is 41.4 cm³/mol. The van der Waals surface area contributed by atoms with Crippen molar-refractivity contribution >= 4 is 0 Å². The first kappa shape index (κ1) is 7.53. The molecule has 0 aromatic carbocycles. The highest BCUT2D eigenvalue weighted by Crippen LogP contribution is 2.29. The van der Waals surface area contributed by atoms with Gasteiger partial charge in [-0.25, -0.2) is 0 Å². The summed E-state index contributed by atoms with van der Waals surface area (Å²) in [5.74, 6) is 0. The second kappa shape index (κ2) is 2.73. The molecular formula is C8H15NO2. The molecule has 0 N–H and O–H groups in total. The molecule has 0 bridgehead atoms. The monoisotopic (exact) mass is 157 g/mol. The fraction of sp³-hybridized carbons (Fsp3) is 1.00. The van der Waals surface area contributed by atoms with E-state index in [-0.39, 0.29) is 5.60 Å². The minimum absolute atomic E-state index is 0.0898. The van der Waals surface area contributed by atoms with Crippen molar-refractivity contribution in [1.29, 1.82) is 0 Å². The number of likely N-dealkylation sites (tertiary alicyclic amines) is 1. The normalized spacial score (nSPS) is 31.4. The molecule has 0 unspecified atom stereocenters. The number of piperidine rings is 1. The van der Waals surface area contributed by atoms with Gasteiger partial charge in [0.05, 0.1) is 12.2 Å². The fourth-order valence-corrected chi connectivity index (χ4v) is 1.75. The van der Waals surface area contributed by atoms with Crippen molar-refractivity contribution in [2.24, 2.45) is 0 Å². The first-order valence-electron chi connectivity index (χ1n) is 4.21. The minimum Gasteiger partial charge on any atom is -0.352 e. The summed E-state index contributed by atoms with van der Waals surface area (Å²) in [6.07, 6.45) is 2.26. The second-order valence-electron chi connectivity index (χ2n) is 3.60. The highest BCUT2D eigenvalue weighted by atomic mass is 16.7. The minimum atomic E-state index is 0.0898. The van der Waals surface area contributed by atoms with Crippen molar-refractivity contribution in [3.8, 4) is 0 Å². The molecule has 0 amide bonds. The van der Waals surface area contributed by atoms with Gasteiger partial charge in [0.1, 0.15) is 6.79 Å². The van der Waals surface area contributed by atoms with Crippen LogP contribution < -0.4 is 0 Å². The molecule has 2 aliphatic heterocycles. The first-order chi connectivity index (χ1) is 5.31. The molecule has 0 saturated carbocycles. The highest BCUT2D eigenvalue weighted by Gasteiger charge is 2.38. The number of ether oxygens (including phenoxy) is 2. The SMILES string of the molecule is CN1CCC2(CC1)COCO2. The Labute approximate surface area is 67.3 Å². The van der Waals surface area contributed by atoms with E-state index in [9.17, 15) is 0 Å². The molecule has 64 valence electrons. The molecule has 3 heteroatoms. The van der Waals surface area contributed by atoms with Gasteiger partial charge in [-0.3, -0.25) is 0 Å². The van der Waals surface area contributed by atoms with Crippen LogP contribution in [0.25, 0.3) is 0 Å². The molecule has 0 aromatic heterocycles. The molecule has 3 nitrogen and oxygen atoms in total. The molecule has 2 heterocycles. The lowest BCUT2D eigenvalue weighted by Crippen LogP contribution is -2.44. The Morgan fingerprint density at radius 3 is 2.55 bits per heavy atom. The summed E-state index contributed by atoms with van der Waals surface area (Å²) in [5, 5.41) is 0. The number of nitrogens with zero attached hydrogens (tertiary/aromatic N) is 1. The second-order valence-corrected chi connectivity index (χ2v) is 3.60. The van der Waals surface area contributed by atoms with Crippen molar-refractivity contribution < 1.29 is 9.47 Å². The van der Waals surface area contributed by atoms with Crippen molar-refractivity contribution in [3.05, 3.63) is 0 Å². The van der Waals surface area contributed by atoms with Crippen LogP contribution in [0.15, 0.2) is 0 Å². The van der Waals surface area contributed by atoms with E-state index in [0.717, 1.165) is 32.5 Å². The number of hydrogen-bond donors (Lipinski definition) is 0. The number of rotatable bonds is 0. The lowest BCUT2D eigenvalue weighted by atomic mass is 9.93. The molecule has 0 atom stereocenters. The van der Waals surface area contributed by atoms with Crippen molar-refractivity contribution in [2.45, 2.75) is 18.4 Å². The summed E-state index contributed by atoms with van der Waals surface area (Å²) in [6.45, 7) is 3.59. The van der Waals surface area contributed by atoms with Gasteiger partial charge in [-0.05, 0) is 19.9 Å². The molecule has 0 aliphatic carbocycles. The van der Waals surface area contributed by atoms with Crippen molar-refractivity contribution in [2.75, 3.05) is 33.5 Å². The van der Waals surface area contributed by atoms with Crippen LogP contribution in [-0.2, 0) is 9.47 Å². The molecule has 2 aliphatic rings. The van der Waals surface area contributed by atoms with Crippen LogP contribution in [0.2, 0.25) is 0 Å². The number of hydrogen-bond acceptors (Lipinski definition) is 3. The van der Waals surface area contributed by atoms with Crippen LogP contribution in [0.3, 0.4) is 0 Å². The zero-order valence-corrected chi connectivity index (χ0v) is 7.01. The van der Waals surface area contributed by atoms with E-state index in [1.165, 1.54) is 0 Å². The maximum absolute atomic E-state index is 5.58. The average Bonchev–Trinajstić information content (AvgIpc) is 2.45. The van der Waals surface area contributed by atoms with E-state index in [0.29, 0.717) is 6.79 Å². The zero-order valence-electron chi connectivity index (χ0n) is 7.01. The summed E-state index contributed by atoms with van der Waals surface area (Å²) in [7, 11) is 2.16. The van der Waals surface area contributed by atoms with Crippen molar-refractivity contribution in [3.63, 3.8) is 0 Å². The van der Waals surface area contributed by atoms with E-state index >= 15 is 0 Å². The van der Waals surface area contributed by atoms with Crippen LogP contribution in [0.5, 0.6) is 0 Å². The largest absolute Gasteiger partial charge is 0.352 e. The Hall–Kier alpha value is -0.120. The first-order valence-corrected chi connectivity index (χ1v) is 4.21. The summed E-state index contributed by atoms with van der Waals surface area (Å²) >= 11 is 0. The van der Waals surface area contributed by atoms with Crippen LogP contribution in [0, 0.1) is 0 Å². The Bertz CT molecular complexity index is 133. The van der Waals surface area contributed by atoms with Gasteiger partial charge >= 0.3 is 0 Å². The Balaban J connectivity index is 1.94. The quantitative estimate of drug-likeness (QED) is 0.510. The molecule has 2 fully saturated rings. The van der Waals surface area contributed by atoms with Gasteiger partial charge in [0.2, 0.25) is 0 Å². The van der Waals surface area contributed by atoms with E-state index in [2.05, 4.69) is 11.9 Å². The van der Waals surface area contributed by atoms with Gasteiger partial charge in [-0.15, -0.1) is 0 Å². The Morgan fingerprint density at radius 1 is 1.27 bits per heavy atom. The van der Waals surface area contributed by atoms with Crippen LogP contribution in [0.4, 0.5) is 0 Å².